The van der Waals surface area contributed by atoms with Crippen molar-refractivity contribution in [1.29, 1.82) is 0 Å². The molecule has 0 radical (unpaired) electrons. The first-order chi connectivity index (χ1) is 21.6. The second-order valence-electron chi connectivity index (χ2n) is 14.9. The number of ether oxygens (including phenoxy) is 1. The second kappa shape index (κ2) is 13.1. The van der Waals surface area contributed by atoms with Crippen molar-refractivity contribution < 1.29 is 23.1 Å². The van der Waals surface area contributed by atoms with Crippen LogP contribution in [0.1, 0.15) is 94.8 Å². The lowest BCUT2D eigenvalue weighted by molar-refractivity contribution is -0.146. The van der Waals surface area contributed by atoms with E-state index in [9.17, 15) is 18.4 Å². The van der Waals surface area contributed by atoms with E-state index in [4.69, 9.17) is 9.73 Å². The van der Waals surface area contributed by atoms with Gasteiger partial charge in [-0.3, -0.25) is 14.6 Å². The van der Waals surface area contributed by atoms with Crippen LogP contribution in [0.15, 0.2) is 47.5 Å². The van der Waals surface area contributed by atoms with Gasteiger partial charge in [0.25, 0.3) is 11.8 Å². The Morgan fingerprint density at radius 3 is 2.37 bits per heavy atom. The average molecular weight is 640 g/mol. The summed E-state index contributed by atoms with van der Waals surface area (Å²) < 4.78 is 35.0. The first-order valence-corrected chi connectivity index (χ1v) is 16.0. The number of carbonyl (C=O) groups is 2. The molecular weight excluding hydrogens is 592 g/mol. The molecule has 12 heteroatoms. The Bertz CT molecular complexity index is 1450. The first kappa shape index (κ1) is 34.1. The van der Waals surface area contributed by atoms with E-state index in [1.165, 1.54) is 12.1 Å². The number of carbonyl (C=O) groups excluding carboxylic acids is 2. The molecule has 4 atom stereocenters. The Morgan fingerprint density at radius 2 is 1.78 bits per heavy atom. The monoisotopic (exact) mass is 639 g/mol. The zero-order chi connectivity index (χ0) is 33.4. The van der Waals surface area contributed by atoms with Crippen molar-refractivity contribution in [2.75, 3.05) is 20.2 Å². The van der Waals surface area contributed by atoms with Crippen molar-refractivity contribution in [3.05, 3.63) is 70.8 Å². The molecule has 3 aliphatic heterocycles. The van der Waals surface area contributed by atoms with Gasteiger partial charge < -0.3 is 15.0 Å². The fourth-order valence-electron chi connectivity index (χ4n) is 6.35. The molecule has 5 rings (SSSR count). The smallest absolute Gasteiger partial charge is 0.275 e. The lowest BCUT2D eigenvalue weighted by Crippen LogP contribution is -2.55. The molecule has 0 bridgehead atoms. The van der Waals surface area contributed by atoms with E-state index < -0.39 is 23.3 Å². The Kier molecular flexibility index (Phi) is 9.68. The van der Waals surface area contributed by atoms with Crippen molar-refractivity contribution in [1.82, 2.24) is 31.7 Å². The molecule has 1 spiro atoms. The summed E-state index contributed by atoms with van der Waals surface area (Å²) in [5.74, 6) is -2.11. The summed E-state index contributed by atoms with van der Waals surface area (Å²) in [6.45, 7) is 13.5. The van der Waals surface area contributed by atoms with Crippen LogP contribution < -0.4 is 21.8 Å². The number of amides is 2. The molecule has 10 nitrogen and oxygen atoms in total. The Morgan fingerprint density at radius 1 is 1.11 bits per heavy atom. The van der Waals surface area contributed by atoms with E-state index in [1.54, 1.807) is 17.1 Å². The van der Waals surface area contributed by atoms with Crippen molar-refractivity contribution in [2.45, 2.75) is 91.2 Å². The number of hydrogen-bond donors (Lipinski definition) is 4. The van der Waals surface area contributed by atoms with Crippen molar-refractivity contribution in [3.63, 3.8) is 0 Å². The van der Waals surface area contributed by atoms with Gasteiger partial charge in [-0.1, -0.05) is 53.7 Å². The summed E-state index contributed by atoms with van der Waals surface area (Å²) in [6, 6.07) is 10.1. The molecule has 2 amide bonds. The second-order valence-corrected chi connectivity index (χ2v) is 14.9. The molecule has 2 aromatic rings. The van der Waals surface area contributed by atoms with Crippen LogP contribution in [0.25, 0.3) is 0 Å². The number of hydrazine groups is 3. The summed E-state index contributed by atoms with van der Waals surface area (Å²) in [5.41, 5.74) is 9.02. The molecule has 46 heavy (non-hydrogen) atoms. The van der Waals surface area contributed by atoms with E-state index >= 15 is 0 Å². The van der Waals surface area contributed by atoms with E-state index in [2.05, 4.69) is 63.4 Å². The van der Waals surface area contributed by atoms with Gasteiger partial charge in [-0.25, -0.2) is 19.2 Å². The third-order valence-corrected chi connectivity index (χ3v) is 9.06. The highest BCUT2D eigenvalue weighted by Gasteiger charge is 2.54. The Labute approximate surface area is 270 Å². The topological polar surface area (TPSA) is 110 Å². The van der Waals surface area contributed by atoms with Gasteiger partial charge in [-0.2, -0.15) is 11.1 Å². The van der Waals surface area contributed by atoms with Crippen LogP contribution >= 0.6 is 0 Å². The summed E-state index contributed by atoms with van der Waals surface area (Å²) in [6.07, 6.45) is 2.00. The molecule has 0 aliphatic carbocycles. The number of aliphatic imine (C=N–C) groups is 1. The number of benzene rings is 2. The van der Waals surface area contributed by atoms with Crippen molar-refractivity contribution in [2.24, 2.45) is 15.8 Å². The molecule has 0 aromatic heterocycles. The SMILES string of the molecule is CN1NNNC1CNC(=O)c1ccc([C@@H](CCC(C)(C)C)N2C(=O)C(c3cc(F)cc(F)c3)=NC23CCOC(C(C)(C)C)C3)cc1. The van der Waals surface area contributed by atoms with Crippen LogP contribution in [0.5, 0.6) is 0 Å². The normalized spacial score (nSPS) is 24.8. The standard InChI is InChI=1S/C34H47F2N7O3/c1-32(2,3)13-12-26(21-8-10-22(11-9-21)30(44)37-20-28-39-40-41-42(28)7)43-31(45)29(23-16-24(35)18-25(36)17-23)38-34(43)14-15-46-27(19-34)33(4,5)6/h8-11,16-18,26-28,39-41H,12-15,19-20H2,1-7H3,(H,37,44)/t26-,27?,28?,34?/m1/s1. The molecule has 3 unspecified atom stereocenters. The Balaban J connectivity index is 1.51. The van der Waals surface area contributed by atoms with Crippen molar-refractivity contribution >= 4 is 17.5 Å². The van der Waals surface area contributed by atoms with Crippen LogP contribution in [0.2, 0.25) is 0 Å². The fraction of sp³-hybridized carbons (Fsp3) is 0.559. The molecule has 250 valence electrons. The lowest BCUT2D eigenvalue weighted by Gasteiger charge is -2.48. The van der Waals surface area contributed by atoms with E-state index in [-0.39, 0.29) is 46.2 Å². The van der Waals surface area contributed by atoms with Gasteiger partial charge in [0.1, 0.15) is 29.2 Å². The number of nitrogens with one attached hydrogen (secondary N) is 4. The maximum Gasteiger partial charge on any atom is 0.275 e. The van der Waals surface area contributed by atoms with Gasteiger partial charge in [0.2, 0.25) is 0 Å². The molecule has 0 saturated carbocycles. The average Bonchev–Trinajstić information content (AvgIpc) is 3.50. The number of rotatable bonds is 8. The molecule has 2 saturated heterocycles. The summed E-state index contributed by atoms with van der Waals surface area (Å²) in [4.78, 5) is 34.5. The zero-order valence-electron chi connectivity index (χ0n) is 27.8. The quantitative estimate of drug-likeness (QED) is 0.334. The molecule has 2 aromatic carbocycles. The number of likely N-dealkylation sites (N-methyl/N-ethyl adjacent to an activating group) is 1. The van der Waals surface area contributed by atoms with Crippen LogP contribution in [0, 0.1) is 22.5 Å². The van der Waals surface area contributed by atoms with Crippen LogP contribution in [0.3, 0.4) is 0 Å². The van der Waals surface area contributed by atoms with E-state index in [0.29, 0.717) is 38.0 Å². The third-order valence-electron chi connectivity index (χ3n) is 9.06. The number of nitrogens with zero attached hydrogens (tertiary/aromatic N) is 3. The highest BCUT2D eigenvalue weighted by molar-refractivity contribution is 6.46. The van der Waals surface area contributed by atoms with Crippen LogP contribution in [-0.2, 0) is 9.53 Å². The maximum atomic E-state index is 14.5. The van der Waals surface area contributed by atoms with Crippen LogP contribution in [0.4, 0.5) is 8.78 Å². The highest BCUT2D eigenvalue weighted by atomic mass is 19.1. The summed E-state index contributed by atoms with van der Waals surface area (Å²) in [5, 5.41) is 4.75. The van der Waals surface area contributed by atoms with Gasteiger partial charge in [0, 0.05) is 43.6 Å². The lowest BCUT2D eigenvalue weighted by atomic mass is 9.79. The third kappa shape index (κ3) is 7.47. The predicted octanol–water partition coefficient (Wildman–Crippen LogP) is 4.60. The minimum Gasteiger partial charge on any atom is -0.377 e. The van der Waals surface area contributed by atoms with Gasteiger partial charge in [-0.15, -0.1) is 0 Å². The van der Waals surface area contributed by atoms with Crippen molar-refractivity contribution in [3.8, 4) is 0 Å². The van der Waals surface area contributed by atoms with Gasteiger partial charge >= 0.3 is 0 Å². The van der Waals surface area contributed by atoms with Crippen LogP contribution in [-0.4, -0.2) is 65.6 Å². The zero-order valence-corrected chi connectivity index (χ0v) is 27.8. The summed E-state index contributed by atoms with van der Waals surface area (Å²) >= 11 is 0. The fourth-order valence-corrected chi connectivity index (χ4v) is 6.35. The van der Waals surface area contributed by atoms with E-state index in [1.807, 2.05) is 24.1 Å². The number of hydrogen-bond acceptors (Lipinski definition) is 8. The molecular formula is C34H47F2N7O3. The largest absolute Gasteiger partial charge is 0.377 e. The van der Waals surface area contributed by atoms with Gasteiger partial charge in [0.05, 0.1) is 18.8 Å². The first-order valence-electron chi connectivity index (χ1n) is 16.0. The molecule has 4 N–H and O–H groups in total. The molecule has 3 aliphatic rings. The number of halogens is 2. The minimum absolute atomic E-state index is 0.0296. The Hall–Kier alpha value is -3.29. The predicted molar refractivity (Wildman–Crippen MR) is 172 cm³/mol. The van der Waals surface area contributed by atoms with Gasteiger partial charge in [0.15, 0.2) is 0 Å². The maximum absolute atomic E-state index is 14.5. The van der Waals surface area contributed by atoms with Gasteiger partial charge in [-0.05, 0) is 53.5 Å². The highest BCUT2D eigenvalue weighted by Crippen LogP contribution is 2.47. The molecule has 2 fully saturated rings. The summed E-state index contributed by atoms with van der Waals surface area (Å²) in [7, 11) is 1.85. The molecule has 3 heterocycles. The minimum atomic E-state index is -0.966. The van der Waals surface area contributed by atoms with E-state index in [0.717, 1.165) is 18.1 Å².